The van der Waals surface area contributed by atoms with Gasteiger partial charge in [-0.3, -0.25) is 9.78 Å². The summed E-state index contributed by atoms with van der Waals surface area (Å²) in [7, 11) is 1.78. The highest BCUT2D eigenvalue weighted by molar-refractivity contribution is 6.01. The van der Waals surface area contributed by atoms with Crippen LogP contribution in [0.25, 0.3) is 11.3 Å². The van der Waals surface area contributed by atoms with Gasteiger partial charge >= 0.3 is 0 Å². The molecular weight excluding hydrogens is 395 g/mol. The molecule has 0 aliphatic rings. The number of nitrogens with two attached hydrogens (primary N) is 1. The van der Waals surface area contributed by atoms with Crippen LogP contribution in [0.3, 0.4) is 0 Å². The Morgan fingerprint density at radius 2 is 1.81 bits per heavy atom. The average Bonchev–Trinajstić information content (AvgIpc) is 2.74. The molecule has 31 heavy (non-hydrogen) atoms. The second-order valence-electron chi connectivity index (χ2n) is 6.58. The molecular formula is C24H27FN4O2. The molecule has 0 atom stereocenters. The van der Waals surface area contributed by atoms with Crippen molar-refractivity contribution in [2.24, 2.45) is 5.73 Å². The number of amides is 1. The fraction of sp³-hybridized carbons (Fsp3) is 0.208. The van der Waals surface area contributed by atoms with Crippen LogP contribution in [0.5, 0.6) is 11.5 Å². The molecule has 0 radical (unpaired) electrons. The van der Waals surface area contributed by atoms with Gasteiger partial charge in [0.2, 0.25) is 0 Å². The van der Waals surface area contributed by atoms with Crippen LogP contribution in [0, 0.1) is 18.2 Å². The molecule has 0 saturated carbocycles. The number of nitrogens with one attached hydrogen (secondary N) is 2. The highest BCUT2D eigenvalue weighted by Gasteiger charge is 2.15. The van der Waals surface area contributed by atoms with Crippen LogP contribution in [0.4, 0.5) is 10.1 Å². The van der Waals surface area contributed by atoms with Gasteiger partial charge in [-0.15, -0.1) is 0 Å². The molecule has 0 bridgehead atoms. The third-order valence-electron chi connectivity index (χ3n) is 4.46. The number of benzene rings is 2. The third-order valence-corrected chi connectivity index (χ3v) is 4.46. The van der Waals surface area contributed by atoms with E-state index in [1.807, 2.05) is 19.9 Å². The van der Waals surface area contributed by atoms with E-state index in [0.717, 1.165) is 11.3 Å². The highest BCUT2D eigenvalue weighted by Crippen LogP contribution is 2.30. The summed E-state index contributed by atoms with van der Waals surface area (Å²) in [6, 6.07) is 11.7. The monoisotopic (exact) mass is 422 g/mol. The van der Waals surface area contributed by atoms with Gasteiger partial charge < -0.3 is 21.2 Å². The fourth-order valence-corrected chi connectivity index (χ4v) is 3.09. The van der Waals surface area contributed by atoms with Gasteiger partial charge in [-0.2, -0.15) is 0 Å². The summed E-state index contributed by atoms with van der Waals surface area (Å²) in [5.74, 6) is -0.381. The van der Waals surface area contributed by atoms with Gasteiger partial charge in [-0.05, 0) is 49.7 Å². The number of rotatable bonds is 6. The Balaban J connectivity index is 0.00000166. The van der Waals surface area contributed by atoms with Crippen molar-refractivity contribution in [3.63, 3.8) is 0 Å². The molecule has 4 N–H and O–H groups in total. The van der Waals surface area contributed by atoms with Crippen LogP contribution in [-0.2, 0) is 0 Å². The van der Waals surface area contributed by atoms with Gasteiger partial charge in [-0.25, -0.2) is 4.39 Å². The summed E-state index contributed by atoms with van der Waals surface area (Å²) >= 11 is 0. The van der Waals surface area contributed by atoms with Crippen LogP contribution >= 0.6 is 0 Å². The smallest absolute Gasteiger partial charge is 0.251 e. The maximum absolute atomic E-state index is 14.3. The Hall–Kier alpha value is -3.74. The molecule has 3 aromatic rings. The zero-order valence-electron chi connectivity index (χ0n) is 18.3. The molecule has 1 amide bonds. The highest BCUT2D eigenvalue weighted by atomic mass is 19.1. The van der Waals surface area contributed by atoms with E-state index in [-0.39, 0.29) is 5.56 Å². The Morgan fingerprint density at radius 1 is 1.13 bits per heavy atom. The zero-order chi connectivity index (χ0) is 23.1. The van der Waals surface area contributed by atoms with E-state index in [1.54, 1.807) is 57.4 Å². The number of ether oxygens (including phenoxy) is 1. The summed E-state index contributed by atoms with van der Waals surface area (Å²) in [6.45, 7) is 7.34. The molecule has 0 spiro atoms. The molecule has 0 fully saturated rings. The van der Waals surface area contributed by atoms with Crippen molar-refractivity contribution in [1.82, 2.24) is 4.98 Å². The van der Waals surface area contributed by atoms with Crippen molar-refractivity contribution < 1.29 is 13.9 Å². The second kappa shape index (κ2) is 10.3. The summed E-state index contributed by atoms with van der Waals surface area (Å²) < 4.78 is 20.2. The molecule has 1 aromatic heterocycles. The zero-order valence-corrected chi connectivity index (χ0v) is 18.3. The van der Waals surface area contributed by atoms with Crippen LogP contribution in [-0.4, -0.2) is 23.7 Å². The van der Waals surface area contributed by atoms with Crippen molar-refractivity contribution in [3.05, 3.63) is 71.2 Å². The number of carbonyl (C=O) groups is 1. The first-order chi connectivity index (χ1) is 14.8. The van der Waals surface area contributed by atoms with E-state index in [2.05, 4.69) is 10.3 Å². The Bertz CT molecular complexity index is 1090. The van der Waals surface area contributed by atoms with Crippen molar-refractivity contribution in [3.8, 4) is 22.8 Å². The third kappa shape index (κ3) is 5.45. The lowest BCUT2D eigenvalue weighted by Crippen LogP contribution is -2.15. The minimum Gasteiger partial charge on any atom is -0.457 e. The molecule has 0 aliphatic carbocycles. The van der Waals surface area contributed by atoms with Crippen LogP contribution in [0.2, 0.25) is 0 Å². The van der Waals surface area contributed by atoms with Crippen LogP contribution in [0.1, 0.15) is 42.3 Å². The largest absolute Gasteiger partial charge is 0.457 e. The normalized spacial score (nSPS) is 10.0. The molecule has 6 nitrogen and oxygen atoms in total. The number of aromatic nitrogens is 1. The van der Waals surface area contributed by atoms with Crippen molar-refractivity contribution in [2.75, 3.05) is 12.4 Å². The minimum absolute atomic E-state index is 0.123. The van der Waals surface area contributed by atoms with Crippen LogP contribution < -0.4 is 15.8 Å². The van der Waals surface area contributed by atoms with Gasteiger partial charge in [0, 0.05) is 47.9 Å². The van der Waals surface area contributed by atoms with E-state index in [9.17, 15) is 9.18 Å². The Labute approximate surface area is 181 Å². The maximum atomic E-state index is 14.3. The summed E-state index contributed by atoms with van der Waals surface area (Å²) in [5.41, 5.74) is 8.59. The predicted octanol–water partition coefficient (Wildman–Crippen LogP) is 5.54. The van der Waals surface area contributed by atoms with Gasteiger partial charge in [0.05, 0.1) is 11.3 Å². The first-order valence-corrected chi connectivity index (χ1v) is 9.91. The van der Waals surface area contributed by atoms with Crippen molar-refractivity contribution in [2.45, 2.75) is 27.7 Å². The lowest BCUT2D eigenvalue weighted by Gasteiger charge is -2.12. The van der Waals surface area contributed by atoms with E-state index >= 15 is 0 Å². The SMILES string of the molecule is CC.CNc1cc(Oc2ccnc(-c3cc(C)c(C(N)=O)c(F)c3)c2)ccc1C(C)=N. The van der Waals surface area contributed by atoms with Crippen molar-refractivity contribution >= 4 is 17.3 Å². The number of nitrogens with zero attached hydrogens (tertiary/aromatic N) is 1. The van der Waals surface area contributed by atoms with E-state index in [1.165, 1.54) is 6.07 Å². The number of hydrogen-bond donors (Lipinski definition) is 3. The number of pyridine rings is 1. The Kier molecular flexibility index (Phi) is 7.85. The second-order valence-corrected chi connectivity index (χ2v) is 6.58. The number of hydrogen-bond acceptors (Lipinski definition) is 5. The standard InChI is InChI=1S/C22H21FN4O2.C2H6/c1-12-8-14(9-18(23)21(12)22(25)28)19-10-16(6-7-27-19)29-15-4-5-17(13(2)24)20(11-15)26-3;1-2/h4-11,24,26H,1-3H3,(H2,25,28);1-2H3. The summed E-state index contributed by atoms with van der Waals surface area (Å²) in [6.07, 6.45) is 1.56. The lowest BCUT2D eigenvalue weighted by atomic mass is 10.0. The molecule has 1 heterocycles. The number of primary amides is 1. The molecule has 0 unspecified atom stereocenters. The fourth-order valence-electron chi connectivity index (χ4n) is 3.09. The lowest BCUT2D eigenvalue weighted by molar-refractivity contribution is 0.0996. The van der Waals surface area contributed by atoms with E-state index < -0.39 is 11.7 Å². The molecule has 7 heteroatoms. The van der Waals surface area contributed by atoms with Gasteiger partial charge in [0.25, 0.3) is 5.91 Å². The number of halogens is 1. The molecule has 3 rings (SSSR count). The Morgan fingerprint density at radius 3 is 2.39 bits per heavy atom. The van der Waals surface area contributed by atoms with Gasteiger partial charge in [-0.1, -0.05) is 13.8 Å². The predicted molar refractivity (Wildman–Crippen MR) is 123 cm³/mol. The van der Waals surface area contributed by atoms with E-state index in [4.69, 9.17) is 15.9 Å². The van der Waals surface area contributed by atoms with E-state index in [0.29, 0.717) is 34.0 Å². The van der Waals surface area contributed by atoms with Crippen molar-refractivity contribution in [1.29, 1.82) is 5.41 Å². The van der Waals surface area contributed by atoms with Gasteiger partial charge in [0.1, 0.15) is 17.3 Å². The molecule has 2 aromatic carbocycles. The maximum Gasteiger partial charge on any atom is 0.251 e. The topological polar surface area (TPSA) is 101 Å². The summed E-state index contributed by atoms with van der Waals surface area (Å²) in [4.78, 5) is 15.7. The molecule has 0 saturated heterocycles. The minimum atomic E-state index is -0.805. The average molecular weight is 423 g/mol. The van der Waals surface area contributed by atoms with Crippen LogP contribution in [0.15, 0.2) is 48.7 Å². The quantitative estimate of drug-likeness (QED) is 0.454. The number of carbonyl (C=O) groups excluding carboxylic acids is 1. The number of anilines is 1. The summed E-state index contributed by atoms with van der Waals surface area (Å²) in [5, 5.41) is 10.9. The first kappa shape index (κ1) is 23.5. The van der Waals surface area contributed by atoms with Gasteiger partial charge in [0.15, 0.2) is 0 Å². The number of aryl methyl sites for hydroxylation is 1. The first-order valence-electron chi connectivity index (χ1n) is 9.91. The molecule has 162 valence electrons. The molecule has 0 aliphatic heterocycles.